The minimum absolute atomic E-state index is 0.648. The van der Waals surface area contributed by atoms with Gasteiger partial charge in [0.15, 0.2) is 0 Å². The summed E-state index contributed by atoms with van der Waals surface area (Å²) in [5.74, 6) is 4.05. The molecule has 0 radical (unpaired) electrons. The van der Waals surface area contributed by atoms with Crippen molar-refractivity contribution in [3.05, 3.63) is 77.9 Å². The van der Waals surface area contributed by atoms with E-state index in [-0.39, 0.29) is 0 Å². The lowest BCUT2D eigenvalue weighted by Crippen LogP contribution is -2.25. The highest BCUT2D eigenvalue weighted by atomic mass is 15.0. The van der Waals surface area contributed by atoms with E-state index in [2.05, 4.69) is 50.5 Å². The number of allylic oxidation sites excluding steroid dienone is 1. The van der Waals surface area contributed by atoms with Crippen LogP contribution in [0.15, 0.2) is 66.2 Å². The van der Waals surface area contributed by atoms with Gasteiger partial charge in [-0.1, -0.05) is 89.6 Å². The fourth-order valence-corrected chi connectivity index (χ4v) is 2.46. The molecule has 0 aliphatic carbocycles. The van der Waals surface area contributed by atoms with Crippen molar-refractivity contribution < 1.29 is 0 Å². The van der Waals surface area contributed by atoms with Crippen molar-refractivity contribution in [1.29, 1.82) is 0 Å². The number of nitrogens with two attached hydrogens (primary N) is 1. The first kappa shape index (κ1) is 28.0. The minimum Gasteiger partial charge on any atom is -0.398 e. The summed E-state index contributed by atoms with van der Waals surface area (Å²) < 4.78 is 0. The van der Waals surface area contributed by atoms with Crippen LogP contribution in [0.3, 0.4) is 0 Å². The third-order valence-corrected chi connectivity index (χ3v) is 4.42. The predicted molar refractivity (Wildman–Crippen MR) is 139 cm³/mol. The molecule has 0 unspecified atom stereocenters. The van der Waals surface area contributed by atoms with Crippen molar-refractivity contribution in [3.8, 4) is 12.3 Å². The van der Waals surface area contributed by atoms with Crippen molar-refractivity contribution in [1.82, 2.24) is 5.32 Å². The Hall–Kier alpha value is -2.99. The Balaban J connectivity index is 0.000000679. The molecule has 0 heterocycles. The largest absolute Gasteiger partial charge is 0.398 e. The molecule has 2 rings (SSSR count). The maximum absolute atomic E-state index is 5.96. The zero-order valence-electron chi connectivity index (χ0n) is 20.1. The lowest BCUT2D eigenvalue weighted by Gasteiger charge is -2.12. The first-order valence-corrected chi connectivity index (χ1v) is 11.2. The van der Waals surface area contributed by atoms with E-state index < -0.39 is 0 Å². The van der Waals surface area contributed by atoms with Crippen LogP contribution >= 0.6 is 0 Å². The van der Waals surface area contributed by atoms with Crippen LogP contribution in [0, 0.1) is 18.3 Å². The van der Waals surface area contributed by atoms with Gasteiger partial charge in [-0.05, 0) is 35.7 Å². The van der Waals surface area contributed by atoms with Crippen molar-refractivity contribution in [3.63, 3.8) is 0 Å². The molecule has 3 heteroatoms. The van der Waals surface area contributed by atoms with E-state index in [1.165, 1.54) is 25.7 Å². The molecule has 0 aliphatic heterocycles. The molecule has 0 aliphatic rings. The van der Waals surface area contributed by atoms with Gasteiger partial charge in [0.2, 0.25) is 0 Å². The smallest absolute Gasteiger partial charge is 0.130 e. The Labute approximate surface area is 190 Å². The molecule has 0 bridgehead atoms. The summed E-state index contributed by atoms with van der Waals surface area (Å²) in [4.78, 5) is 4.26. The topological polar surface area (TPSA) is 50.4 Å². The summed E-state index contributed by atoms with van der Waals surface area (Å²) in [5.41, 5.74) is 9.56. The van der Waals surface area contributed by atoms with Gasteiger partial charge >= 0.3 is 0 Å². The quantitative estimate of drug-likeness (QED) is 0.129. The van der Waals surface area contributed by atoms with Crippen LogP contribution in [0.25, 0.3) is 0 Å². The molecular weight excluding hydrogens is 378 g/mol. The number of hydrogen-bond acceptors (Lipinski definition) is 2. The second kappa shape index (κ2) is 17.8. The number of nitrogens with one attached hydrogen (secondary N) is 1. The number of nitrogen functional groups attached to an aromatic ring is 1. The van der Waals surface area contributed by atoms with Crippen molar-refractivity contribution in [2.75, 3.05) is 12.8 Å². The number of aliphatic imine (C=N–C) groups is 1. The fraction of sp³-hybridized carbons (Fsp3) is 0.393. The SMILES string of the molecule is C#Cc1cccc(CNC(=NC)c2ccccc2N)c1.C=CC(C)C.CCCCCC. The van der Waals surface area contributed by atoms with Crippen LogP contribution in [-0.4, -0.2) is 12.9 Å². The molecule has 0 fully saturated rings. The summed E-state index contributed by atoms with van der Waals surface area (Å²) in [6.45, 7) is 12.9. The maximum atomic E-state index is 5.96. The summed E-state index contributed by atoms with van der Waals surface area (Å²) in [6.07, 6.45) is 12.9. The van der Waals surface area contributed by atoms with Gasteiger partial charge in [-0.25, -0.2) is 0 Å². The number of unbranched alkanes of at least 4 members (excludes halogenated alkanes) is 3. The maximum Gasteiger partial charge on any atom is 0.130 e. The van der Waals surface area contributed by atoms with E-state index in [9.17, 15) is 0 Å². The van der Waals surface area contributed by atoms with Gasteiger partial charge in [0.05, 0.1) is 0 Å². The first-order valence-electron chi connectivity index (χ1n) is 11.2. The van der Waals surface area contributed by atoms with Gasteiger partial charge in [-0.2, -0.15) is 0 Å². The van der Waals surface area contributed by atoms with Gasteiger partial charge in [0.25, 0.3) is 0 Å². The summed E-state index contributed by atoms with van der Waals surface area (Å²) >= 11 is 0. The van der Waals surface area contributed by atoms with Crippen LogP contribution in [0.2, 0.25) is 0 Å². The van der Waals surface area contributed by atoms with Crippen molar-refractivity contribution in [2.45, 2.75) is 59.9 Å². The highest BCUT2D eigenvalue weighted by molar-refractivity contribution is 6.02. The average Bonchev–Trinajstić information content (AvgIpc) is 2.80. The molecule has 0 spiro atoms. The van der Waals surface area contributed by atoms with E-state index in [0.29, 0.717) is 18.2 Å². The Morgan fingerprint density at radius 2 is 1.74 bits per heavy atom. The number of nitrogens with zero attached hydrogens (tertiary/aromatic N) is 1. The molecule has 168 valence electrons. The van der Waals surface area contributed by atoms with E-state index in [1.807, 2.05) is 54.6 Å². The molecule has 3 nitrogen and oxygen atoms in total. The van der Waals surface area contributed by atoms with Gasteiger partial charge < -0.3 is 11.1 Å². The summed E-state index contributed by atoms with van der Waals surface area (Å²) in [7, 11) is 1.74. The number of anilines is 1. The number of hydrogen-bond donors (Lipinski definition) is 2. The van der Waals surface area contributed by atoms with Crippen LogP contribution in [0.1, 0.15) is 70.1 Å². The fourth-order valence-electron chi connectivity index (χ4n) is 2.46. The third-order valence-electron chi connectivity index (χ3n) is 4.42. The molecule has 0 aromatic heterocycles. The monoisotopic (exact) mass is 419 g/mol. The number of amidine groups is 1. The van der Waals surface area contributed by atoms with Gasteiger partial charge in [-0.15, -0.1) is 13.0 Å². The molecule has 0 amide bonds. The first-order chi connectivity index (χ1) is 14.9. The van der Waals surface area contributed by atoms with E-state index >= 15 is 0 Å². The predicted octanol–water partition coefficient (Wildman–Crippen LogP) is 6.83. The summed E-state index contributed by atoms with van der Waals surface area (Å²) in [5, 5.41) is 3.30. The minimum atomic E-state index is 0.648. The second-order valence-corrected chi connectivity index (χ2v) is 7.54. The molecule has 31 heavy (non-hydrogen) atoms. The number of rotatable bonds is 7. The Morgan fingerprint density at radius 3 is 2.23 bits per heavy atom. The molecule has 0 saturated heterocycles. The lowest BCUT2D eigenvalue weighted by atomic mass is 10.1. The Bertz CT molecular complexity index is 809. The van der Waals surface area contributed by atoms with Gasteiger partial charge in [0, 0.05) is 30.4 Å². The standard InChI is InChI=1S/C17H17N3.C6H14.C5H10/c1-3-13-7-6-8-14(11-13)12-20-17(19-2)15-9-4-5-10-16(15)18;1-3-5-6-4-2;1-4-5(2)3/h1,4-11H,12,18H2,2H3,(H,19,20);3-6H2,1-2H3;4-5H,1H2,2-3H3. The highest BCUT2D eigenvalue weighted by Crippen LogP contribution is 2.11. The average molecular weight is 420 g/mol. The molecular formula is C28H41N3. The second-order valence-electron chi connectivity index (χ2n) is 7.54. The van der Waals surface area contributed by atoms with E-state index in [0.717, 1.165) is 22.5 Å². The molecule has 0 saturated carbocycles. The summed E-state index contributed by atoms with van der Waals surface area (Å²) in [6, 6.07) is 15.5. The third kappa shape index (κ3) is 13.0. The number of para-hydroxylation sites is 1. The van der Waals surface area contributed by atoms with E-state index in [1.54, 1.807) is 7.05 Å². The van der Waals surface area contributed by atoms with Crippen LogP contribution in [0.4, 0.5) is 5.69 Å². The van der Waals surface area contributed by atoms with Gasteiger partial charge in [0.1, 0.15) is 5.84 Å². The van der Waals surface area contributed by atoms with Gasteiger partial charge in [-0.3, -0.25) is 4.99 Å². The van der Waals surface area contributed by atoms with Crippen molar-refractivity contribution in [2.24, 2.45) is 10.9 Å². The molecule has 3 N–H and O–H groups in total. The Kier molecular flexibility index (Phi) is 16.1. The normalized spacial score (nSPS) is 10.2. The number of benzene rings is 2. The zero-order chi connectivity index (χ0) is 23.5. The zero-order valence-corrected chi connectivity index (χ0v) is 20.1. The number of terminal acetylenes is 1. The Morgan fingerprint density at radius 1 is 1.13 bits per heavy atom. The van der Waals surface area contributed by atoms with Crippen LogP contribution in [0.5, 0.6) is 0 Å². The van der Waals surface area contributed by atoms with E-state index in [4.69, 9.17) is 12.2 Å². The molecule has 2 aromatic carbocycles. The van der Waals surface area contributed by atoms with Crippen LogP contribution in [-0.2, 0) is 6.54 Å². The van der Waals surface area contributed by atoms with Crippen molar-refractivity contribution >= 4 is 11.5 Å². The molecule has 2 aromatic rings. The highest BCUT2D eigenvalue weighted by Gasteiger charge is 2.05. The molecule has 0 atom stereocenters. The van der Waals surface area contributed by atoms with Crippen LogP contribution < -0.4 is 11.1 Å². The lowest BCUT2D eigenvalue weighted by molar-refractivity contribution is 0.702.